The SMILES string of the molecule is Cc1ccc(S(=O)(=O)N2[C@@H]3CCC=C(C4(C)OCCO4)[C@H]2CC3)cc1. The highest BCUT2D eigenvalue weighted by Gasteiger charge is 2.50. The van der Waals surface area contributed by atoms with Gasteiger partial charge >= 0.3 is 0 Å². The molecule has 0 unspecified atom stereocenters. The van der Waals surface area contributed by atoms with Crippen molar-refractivity contribution in [2.24, 2.45) is 0 Å². The van der Waals surface area contributed by atoms with Crippen molar-refractivity contribution >= 4 is 10.0 Å². The van der Waals surface area contributed by atoms with Crippen molar-refractivity contribution in [3.63, 3.8) is 0 Å². The van der Waals surface area contributed by atoms with Gasteiger partial charge in [-0.15, -0.1) is 0 Å². The van der Waals surface area contributed by atoms with Crippen LogP contribution in [0.25, 0.3) is 0 Å². The first-order valence-corrected chi connectivity index (χ1v) is 10.4. The fourth-order valence-corrected chi connectivity index (χ4v) is 6.24. The molecule has 3 aliphatic rings. The number of ether oxygens (including phenoxy) is 2. The van der Waals surface area contributed by atoms with E-state index in [4.69, 9.17) is 9.47 Å². The fourth-order valence-electron chi connectivity index (χ4n) is 4.36. The van der Waals surface area contributed by atoms with Crippen LogP contribution in [-0.2, 0) is 19.5 Å². The Hall–Kier alpha value is -1.21. The predicted octanol–water partition coefficient (Wildman–Crippen LogP) is 3.00. The summed E-state index contributed by atoms with van der Waals surface area (Å²) >= 11 is 0. The number of allylic oxidation sites excluding steroid dienone is 1. The van der Waals surface area contributed by atoms with Gasteiger partial charge in [-0.1, -0.05) is 23.8 Å². The number of sulfonamides is 1. The third-order valence-corrected chi connectivity index (χ3v) is 7.60. The third-order valence-electron chi connectivity index (χ3n) is 5.62. The lowest BCUT2D eigenvalue weighted by atomic mass is 9.94. The quantitative estimate of drug-likeness (QED) is 0.775. The first-order valence-electron chi connectivity index (χ1n) is 9.00. The molecule has 2 fully saturated rings. The van der Waals surface area contributed by atoms with Gasteiger partial charge in [-0.2, -0.15) is 4.31 Å². The van der Waals surface area contributed by atoms with E-state index in [0.717, 1.165) is 36.8 Å². The Labute approximate surface area is 149 Å². The number of hydrogen-bond donors (Lipinski definition) is 0. The van der Waals surface area contributed by atoms with Crippen LogP contribution >= 0.6 is 0 Å². The van der Waals surface area contributed by atoms with E-state index >= 15 is 0 Å². The van der Waals surface area contributed by atoms with E-state index in [2.05, 4.69) is 6.08 Å². The Kier molecular flexibility index (Phi) is 4.27. The molecule has 3 heterocycles. The summed E-state index contributed by atoms with van der Waals surface area (Å²) in [5.74, 6) is -0.801. The maximum atomic E-state index is 13.4. The van der Waals surface area contributed by atoms with Crippen LogP contribution in [0, 0.1) is 6.92 Å². The number of nitrogens with zero attached hydrogens (tertiary/aromatic N) is 1. The zero-order valence-corrected chi connectivity index (χ0v) is 15.6. The molecule has 4 rings (SSSR count). The Morgan fingerprint density at radius 2 is 1.76 bits per heavy atom. The fraction of sp³-hybridized carbons (Fsp3) is 0.579. The van der Waals surface area contributed by atoms with E-state index < -0.39 is 15.8 Å². The molecule has 0 spiro atoms. The molecule has 3 aliphatic heterocycles. The highest BCUT2D eigenvalue weighted by molar-refractivity contribution is 7.89. The molecule has 136 valence electrons. The minimum atomic E-state index is -3.55. The van der Waals surface area contributed by atoms with Crippen LogP contribution in [-0.4, -0.2) is 43.8 Å². The van der Waals surface area contributed by atoms with Crippen molar-refractivity contribution in [2.45, 2.75) is 62.3 Å². The molecule has 2 atom stereocenters. The molecule has 0 saturated carbocycles. The summed E-state index contributed by atoms with van der Waals surface area (Å²) in [6.45, 7) is 4.98. The summed E-state index contributed by atoms with van der Waals surface area (Å²) in [6.07, 6.45) is 5.57. The Morgan fingerprint density at radius 1 is 1.08 bits per heavy atom. The highest BCUT2D eigenvalue weighted by Crippen LogP contribution is 2.44. The molecule has 0 radical (unpaired) electrons. The predicted molar refractivity (Wildman–Crippen MR) is 94.6 cm³/mol. The number of fused-ring (bicyclic) bond motifs is 2. The summed E-state index contributed by atoms with van der Waals surface area (Å²) in [4.78, 5) is 0.370. The smallest absolute Gasteiger partial charge is 0.243 e. The molecular formula is C19H25NO4S. The van der Waals surface area contributed by atoms with Crippen LogP contribution in [0.3, 0.4) is 0 Å². The summed E-state index contributed by atoms with van der Waals surface area (Å²) < 4.78 is 40.2. The normalized spacial score (nSPS) is 29.4. The van der Waals surface area contributed by atoms with E-state index in [1.807, 2.05) is 26.0 Å². The molecule has 0 aromatic heterocycles. The van der Waals surface area contributed by atoms with E-state index in [1.54, 1.807) is 16.4 Å². The molecule has 0 amide bonds. The van der Waals surface area contributed by atoms with E-state index in [0.29, 0.717) is 18.1 Å². The summed E-state index contributed by atoms with van der Waals surface area (Å²) in [6, 6.07) is 7.00. The maximum absolute atomic E-state index is 13.4. The lowest BCUT2D eigenvalue weighted by Gasteiger charge is -2.34. The molecule has 0 aliphatic carbocycles. The Morgan fingerprint density at radius 3 is 2.44 bits per heavy atom. The van der Waals surface area contributed by atoms with Gasteiger partial charge in [-0.3, -0.25) is 0 Å². The average molecular weight is 363 g/mol. The molecule has 1 aromatic rings. The van der Waals surface area contributed by atoms with Crippen LogP contribution in [0.5, 0.6) is 0 Å². The summed E-state index contributed by atoms with van der Waals surface area (Å²) in [5, 5.41) is 0. The zero-order valence-electron chi connectivity index (χ0n) is 14.8. The Balaban J connectivity index is 1.74. The van der Waals surface area contributed by atoms with Gasteiger partial charge in [0.15, 0.2) is 5.79 Å². The van der Waals surface area contributed by atoms with Crippen LogP contribution < -0.4 is 0 Å². The minimum Gasteiger partial charge on any atom is -0.344 e. The van der Waals surface area contributed by atoms with Gasteiger partial charge < -0.3 is 9.47 Å². The van der Waals surface area contributed by atoms with Gasteiger partial charge in [0.2, 0.25) is 10.0 Å². The molecule has 5 nitrogen and oxygen atoms in total. The number of rotatable bonds is 3. The van der Waals surface area contributed by atoms with Crippen LogP contribution in [0.4, 0.5) is 0 Å². The van der Waals surface area contributed by atoms with E-state index in [9.17, 15) is 8.42 Å². The highest BCUT2D eigenvalue weighted by atomic mass is 32.2. The molecule has 0 N–H and O–H groups in total. The summed E-state index contributed by atoms with van der Waals surface area (Å²) in [5.41, 5.74) is 2.03. The minimum absolute atomic E-state index is 0.0510. The first kappa shape index (κ1) is 17.2. The van der Waals surface area contributed by atoms with Crippen molar-refractivity contribution in [2.75, 3.05) is 13.2 Å². The Bertz CT molecular complexity index is 778. The maximum Gasteiger partial charge on any atom is 0.243 e. The molecule has 1 aromatic carbocycles. The molecule has 2 bridgehead atoms. The van der Waals surface area contributed by atoms with Crippen molar-refractivity contribution in [3.8, 4) is 0 Å². The van der Waals surface area contributed by atoms with Gasteiger partial charge in [0, 0.05) is 11.6 Å². The first-order chi connectivity index (χ1) is 11.9. The van der Waals surface area contributed by atoms with Gasteiger partial charge in [-0.05, 0) is 51.7 Å². The number of aryl methyl sites for hydroxylation is 1. The number of hydrogen-bond acceptors (Lipinski definition) is 4. The van der Waals surface area contributed by atoms with Crippen molar-refractivity contribution in [3.05, 3.63) is 41.5 Å². The lowest BCUT2D eigenvalue weighted by Crippen LogP contribution is -2.45. The number of benzene rings is 1. The van der Waals surface area contributed by atoms with E-state index in [-0.39, 0.29) is 12.1 Å². The average Bonchev–Trinajstić information content (AvgIpc) is 3.12. The van der Waals surface area contributed by atoms with Crippen LogP contribution in [0.15, 0.2) is 40.8 Å². The topological polar surface area (TPSA) is 55.8 Å². The second-order valence-corrected chi connectivity index (χ2v) is 9.12. The van der Waals surface area contributed by atoms with Gasteiger partial charge in [0.25, 0.3) is 0 Å². The second kappa shape index (κ2) is 6.20. The monoisotopic (exact) mass is 363 g/mol. The van der Waals surface area contributed by atoms with Crippen molar-refractivity contribution < 1.29 is 17.9 Å². The lowest BCUT2D eigenvalue weighted by molar-refractivity contribution is -0.115. The van der Waals surface area contributed by atoms with Gasteiger partial charge in [-0.25, -0.2) is 8.42 Å². The van der Waals surface area contributed by atoms with Crippen LogP contribution in [0.2, 0.25) is 0 Å². The standard InChI is InChI=1S/C19H25NO4S/c1-14-6-9-16(10-7-14)25(21,22)20-15-4-3-5-17(18(20)11-8-15)19(2)23-12-13-24-19/h5-7,9-10,15,18H,3-4,8,11-13H2,1-2H3/t15-,18-/m1/s1. The molecule has 2 saturated heterocycles. The van der Waals surface area contributed by atoms with Gasteiger partial charge in [0.05, 0.1) is 24.2 Å². The molecular weight excluding hydrogens is 338 g/mol. The third kappa shape index (κ3) is 2.85. The molecule has 25 heavy (non-hydrogen) atoms. The zero-order chi connectivity index (χ0) is 17.7. The largest absolute Gasteiger partial charge is 0.344 e. The second-order valence-electron chi connectivity index (χ2n) is 7.27. The van der Waals surface area contributed by atoms with Gasteiger partial charge in [0.1, 0.15) is 0 Å². The van der Waals surface area contributed by atoms with E-state index in [1.165, 1.54) is 0 Å². The van der Waals surface area contributed by atoms with Crippen molar-refractivity contribution in [1.29, 1.82) is 0 Å². The van der Waals surface area contributed by atoms with Crippen molar-refractivity contribution in [1.82, 2.24) is 4.31 Å². The van der Waals surface area contributed by atoms with Crippen LogP contribution in [0.1, 0.15) is 38.2 Å². The molecule has 6 heteroatoms. The summed E-state index contributed by atoms with van der Waals surface area (Å²) in [7, 11) is -3.55.